The number of aryl methyl sites for hydroxylation is 1. The second-order valence-electron chi connectivity index (χ2n) is 5.81. The van der Waals surface area contributed by atoms with Gasteiger partial charge in [-0.05, 0) is 40.0 Å². The lowest BCUT2D eigenvalue weighted by Crippen LogP contribution is -2.17. The smallest absolute Gasteiger partial charge is 0.137 e. The van der Waals surface area contributed by atoms with Crippen LogP contribution >= 0.6 is 15.9 Å². The van der Waals surface area contributed by atoms with Crippen molar-refractivity contribution in [1.29, 1.82) is 0 Å². The zero-order chi connectivity index (χ0) is 14.8. The van der Waals surface area contributed by atoms with Crippen molar-refractivity contribution in [3.05, 3.63) is 46.1 Å². The molecule has 0 atom stereocenters. The highest BCUT2D eigenvalue weighted by Gasteiger charge is 2.18. The van der Waals surface area contributed by atoms with E-state index in [2.05, 4.69) is 63.9 Å². The van der Waals surface area contributed by atoms with Crippen molar-refractivity contribution in [3.8, 4) is 0 Å². The normalized spacial score (nSPS) is 11.4. The molecule has 0 fully saturated rings. The van der Waals surface area contributed by atoms with Gasteiger partial charge in [0.25, 0.3) is 0 Å². The van der Waals surface area contributed by atoms with Gasteiger partial charge in [-0.15, -0.1) is 0 Å². The summed E-state index contributed by atoms with van der Waals surface area (Å²) >= 11 is 3.45. The largest absolute Gasteiger partial charge is 0.366 e. The summed E-state index contributed by atoms with van der Waals surface area (Å²) in [5, 5.41) is 3.35. The minimum Gasteiger partial charge on any atom is -0.366 e. The molecule has 0 aliphatic carbocycles. The number of rotatable bonds is 3. The molecular weight excluding hydrogens is 316 g/mol. The molecule has 0 radical (unpaired) electrons. The standard InChI is InChI=1S/C15H19BrN4/c1-10-8-17-6-5-11(10)9-18-13-7-12(16)19-14(20-13)15(2,3)4/h5-8H,9H2,1-4H3,(H,18,19,20). The van der Waals surface area contributed by atoms with Crippen LogP contribution in [0.1, 0.15) is 37.7 Å². The predicted octanol–water partition coefficient (Wildman–Crippen LogP) is 3.85. The average Bonchev–Trinajstić information content (AvgIpc) is 2.36. The van der Waals surface area contributed by atoms with Crippen molar-refractivity contribution in [3.63, 3.8) is 0 Å². The monoisotopic (exact) mass is 334 g/mol. The fourth-order valence-electron chi connectivity index (χ4n) is 1.73. The van der Waals surface area contributed by atoms with E-state index in [0.29, 0.717) is 0 Å². The molecule has 5 heteroatoms. The maximum absolute atomic E-state index is 4.58. The fourth-order valence-corrected chi connectivity index (χ4v) is 2.11. The molecular formula is C15H19BrN4. The molecule has 20 heavy (non-hydrogen) atoms. The highest BCUT2D eigenvalue weighted by atomic mass is 79.9. The Bertz CT molecular complexity index is 605. The van der Waals surface area contributed by atoms with Crippen LogP contribution in [0.15, 0.2) is 29.1 Å². The van der Waals surface area contributed by atoms with Gasteiger partial charge >= 0.3 is 0 Å². The number of aromatic nitrogens is 3. The molecule has 1 N–H and O–H groups in total. The third-order valence-electron chi connectivity index (χ3n) is 2.96. The molecule has 0 aromatic carbocycles. The number of nitrogens with zero attached hydrogens (tertiary/aromatic N) is 3. The molecule has 2 aromatic heterocycles. The van der Waals surface area contributed by atoms with Gasteiger partial charge < -0.3 is 5.32 Å². The van der Waals surface area contributed by atoms with Crippen molar-refractivity contribution in [2.75, 3.05) is 5.32 Å². The first kappa shape index (κ1) is 14.9. The van der Waals surface area contributed by atoms with Gasteiger partial charge in [0.05, 0.1) is 0 Å². The summed E-state index contributed by atoms with van der Waals surface area (Å²) in [6.45, 7) is 9.09. The molecule has 0 saturated heterocycles. The molecule has 0 spiro atoms. The third-order valence-corrected chi connectivity index (χ3v) is 3.37. The Kier molecular flexibility index (Phi) is 4.38. The van der Waals surface area contributed by atoms with Crippen LogP contribution in [-0.4, -0.2) is 15.0 Å². The Morgan fingerprint density at radius 3 is 2.65 bits per heavy atom. The summed E-state index contributed by atoms with van der Waals surface area (Å²) < 4.78 is 0.798. The first-order valence-corrected chi connectivity index (χ1v) is 7.34. The second kappa shape index (κ2) is 5.87. The Morgan fingerprint density at radius 2 is 2.00 bits per heavy atom. The zero-order valence-electron chi connectivity index (χ0n) is 12.2. The molecule has 2 rings (SSSR count). The lowest BCUT2D eigenvalue weighted by atomic mass is 9.96. The molecule has 2 aromatic rings. The van der Waals surface area contributed by atoms with Crippen molar-refractivity contribution in [2.24, 2.45) is 0 Å². The van der Waals surface area contributed by atoms with Crippen molar-refractivity contribution < 1.29 is 0 Å². The molecule has 2 heterocycles. The first-order valence-electron chi connectivity index (χ1n) is 6.54. The molecule has 4 nitrogen and oxygen atoms in total. The summed E-state index contributed by atoms with van der Waals surface area (Å²) in [4.78, 5) is 13.1. The average molecular weight is 335 g/mol. The van der Waals surface area contributed by atoms with Gasteiger partial charge in [0.1, 0.15) is 16.2 Å². The van der Waals surface area contributed by atoms with E-state index in [4.69, 9.17) is 0 Å². The van der Waals surface area contributed by atoms with Crippen LogP contribution in [0.25, 0.3) is 0 Å². The SMILES string of the molecule is Cc1cnccc1CNc1cc(Br)nc(C(C)(C)C)n1. The van der Waals surface area contributed by atoms with Gasteiger partial charge in [0.15, 0.2) is 0 Å². The van der Waals surface area contributed by atoms with Crippen LogP contribution in [0.4, 0.5) is 5.82 Å². The molecule has 0 aliphatic rings. The number of halogens is 1. The fraction of sp³-hybridized carbons (Fsp3) is 0.400. The highest BCUT2D eigenvalue weighted by Crippen LogP contribution is 2.22. The van der Waals surface area contributed by atoms with E-state index in [0.717, 1.165) is 22.8 Å². The maximum Gasteiger partial charge on any atom is 0.137 e. The minimum atomic E-state index is -0.0766. The summed E-state index contributed by atoms with van der Waals surface area (Å²) in [6.07, 6.45) is 3.67. The molecule has 0 unspecified atom stereocenters. The van der Waals surface area contributed by atoms with Crippen LogP contribution in [0.3, 0.4) is 0 Å². The Balaban J connectivity index is 2.18. The van der Waals surface area contributed by atoms with Crippen molar-refractivity contribution in [1.82, 2.24) is 15.0 Å². The van der Waals surface area contributed by atoms with E-state index in [1.54, 1.807) is 6.20 Å². The predicted molar refractivity (Wildman–Crippen MR) is 84.7 cm³/mol. The Labute approximate surface area is 128 Å². The number of hydrogen-bond donors (Lipinski definition) is 1. The van der Waals surface area contributed by atoms with Gasteiger partial charge in [0.2, 0.25) is 0 Å². The number of nitrogens with one attached hydrogen (secondary N) is 1. The van der Waals surface area contributed by atoms with Crippen LogP contribution < -0.4 is 5.32 Å². The zero-order valence-corrected chi connectivity index (χ0v) is 13.8. The van der Waals surface area contributed by atoms with Crippen molar-refractivity contribution >= 4 is 21.7 Å². The molecule has 0 amide bonds. The number of hydrogen-bond acceptors (Lipinski definition) is 4. The highest BCUT2D eigenvalue weighted by molar-refractivity contribution is 9.10. The van der Waals surface area contributed by atoms with E-state index in [-0.39, 0.29) is 5.41 Å². The summed E-state index contributed by atoms with van der Waals surface area (Å²) in [6, 6.07) is 3.91. The van der Waals surface area contributed by atoms with Crippen LogP contribution in [0, 0.1) is 6.92 Å². The summed E-state index contributed by atoms with van der Waals surface area (Å²) in [7, 11) is 0. The Morgan fingerprint density at radius 1 is 1.25 bits per heavy atom. The van der Waals surface area contributed by atoms with Crippen LogP contribution in [0.2, 0.25) is 0 Å². The lowest BCUT2D eigenvalue weighted by molar-refractivity contribution is 0.544. The first-order chi connectivity index (χ1) is 9.36. The van der Waals surface area contributed by atoms with E-state index >= 15 is 0 Å². The minimum absolute atomic E-state index is 0.0766. The van der Waals surface area contributed by atoms with E-state index in [9.17, 15) is 0 Å². The van der Waals surface area contributed by atoms with Crippen LogP contribution in [0.5, 0.6) is 0 Å². The van der Waals surface area contributed by atoms with Gasteiger partial charge in [-0.3, -0.25) is 4.98 Å². The topological polar surface area (TPSA) is 50.7 Å². The molecule has 0 aliphatic heterocycles. The molecule has 0 bridgehead atoms. The van der Waals surface area contributed by atoms with Crippen molar-refractivity contribution in [2.45, 2.75) is 39.7 Å². The van der Waals surface area contributed by atoms with E-state index in [1.165, 1.54) is 11.1 Å². The van der Waals surface area contributed by atoms with Gasteiger partial charge in [-0.1, -0.05) is 20.8 Å². The second-order valence-corrected chi connectivity index (χ2v) is 6.62. The summed E-state index contributed by atoms with van der Waals surface area (Å²) in [5.74, 6) is 1.65. The van der Waals surface area contributed by atoms with Gasteiger partial charge in [-0.25, -0.2) is 9.97 Å². The maximum atomic E-state index is 4.58. The van der Waals surface area contributed by atoms with Gasteiger partial charge in [-0.2, -0.15) is 0 Å². The molecule has 106 valence electrons. The summed E-state index contributed by atoms with van der Waals surface area (Å²) in [5.41, 5.74) is 2.31. The van der Waals surface area contributed by atoms with Gasteiger partial charge in [0, 0.05) is 30.4 Å². The Hall–Kier alpha value is -1.49. The number of anilines is 1. The van der Waals surface area contributed by atoms with E-state index < -0.39 is 0 Å². The van der Waals surface area contributed by atoms with E-state index in [1.807, 2.05) is 18.3 Å². The molecule has 0 saturated carbocycles. The quantitative estimate of drug-likeness (QED) is 0.866. The van der Waals surface area contributed by atoms with Crippen LogP contribution in [-0.2, 0) is 12.0 Å². The lowest BCUT2D eigenvalue weighted by Gasteiger charge is -2.18. The third kappa shape index (κ3) is 3.76. The number of pyridine rings is 1.